The van der Waals surface area contributed by atoms with Crippen molar-refractivity contribution in [2.24, 2.45) is 0 Å². The van der Waals surface area contributed by atoms with Crippen LogP contribution in [0.2, 0.25) is 0 Å². The molecule has 0 unspecified atom stereocenters. The third kappa shape index (κ3) is 6.39. The Morgan fingerprint density at radius 1 is 1.35 bits per heavy atom. The Hall–Kier alpha value is -1.07. The van der Waals surface area contributed by atoms with E-state index in [1.165, 1.54) is 0 Å². The Kier molecular flexibility index (Phi) is 6.49. The SMILES string of the molecule is CC(C)(C)OC(=O)N[C@@H](Cc1ccccc1)[C@H](O)CBr. The standard InChI is InChI=1S/C15H22BrNO3/c1-15(2,3)20-14(19)17-12(13(18)10-16)9-11-7-5-4-6-8-11/h4-8,12-13,18H,9-10H2,1-3H3,(H,17,19)/t12-,13+/m0/s1. The predicted molar refractivity (Wildman–Crippen MR) is 83.1 cm³/mol. The summed E-state index contributed by atoms with van der Waals surface area (Å²) in [7, 11) is 0. The first-order chi connectivity index (χ1) is 9.31. The Labute approximate surface area is 128 Å². The lowest BCUT2D eigenvalue weighted by molar-refractivity contribution is 0.0442. The van der Waals surface area contributed by atoms with Crippen LogP contribution in [0.1, 0.15) is 26.3 Å². The van der Waals surface area contributed by atoms with Crippen molar-refractivity contribution in [3.63, 3.8) is 0 Å². The maximum Gasteiger partial charge on any atom is 0.407 e. The van der Waals surface area contributed by atoms with Crippen LogP contribution in [0.3, 0.4) is 0 Å². The molecule has 0 fully saturated rings. The summed E-state index contributed by atoms with van der Waals surface area (Å²) in [6.45, 7) is 5.42. The van der Waals surface area contributed by atoms with E-state index in [0.717, 1.165) is 5.56 Å². The Bertz CT molecular complexity index is 417. The summed E-state index contributed by atoms with van der Waals surface area (Å²) in [5.41, 5.74) is 0.495. The van der Waals surface area contributed by atoms with Crippen molar-refractivity contribution in [3.05, 3.63) is 35.9 Å². The topological polar surface area (TPSA) is 58.6 Å². The highest BCUT2D eigenvalue weighted by Gasteiger charge is 2.24. The van der Waals surface area contributed by atoms with Gasteiger partial charge in [0, 0.05) is 5.33 Å². The highest BCUT2D eigenvalue weighted by atomic mass is 79.9. The van der Waals surface area contributed by atoms with E-state index >= 15 is 0 Å². The van der Waals surface area contributed by atoms with E-state index in [-0.39, 0.29) is 0 Å². The number of halogens is 1. The van der Waals surface area contributed by atoms with Gasteiger partial charge in [0.15, 0.2) is 0 Å². The molecule has 0 bridgehead atoms. The molecule has 0 saturated carbocycles. The van der Waals surface area contributed by atoms with E-state index in [1.807, 2.05) is 30.3 Å². The summed E-state index contributed by atoms with van der Waals surface area (Å²) < 4.78 is 5.22. The van der Waals surface area contributed by atoms with Gasteiger partial charge in [-0.25, -0.2) is 4.79 Å². The number of hydrogen-bond acceptors (Lipinski definition) is 3. The van der Waals surface area contributed by atoms with Crippen LogP contribution in [-0.2, 0) is 11.2 Å². The van der Waals surface area contributed by atoms with E-state index < -0.39 is 23.8 Å². The first-order valence-electron chi connectivity index (χ1n) is 6.59. The molecule has 2 N–H and O–H groups in total. The van der Waals surface area contributed by atoms with Crippen molar-refractivity contribution in [2.75, 3.05) is 5.33 Å². The van der Waals surface area contributed by atoms with Crippen LogP contribution in [0.5, 0.6) is 0 Å². The van der Waals surface area contributed by atoms with Crippen LogP contribution in [0.25, 0.3) is 0 Å². The zero-order valence-corrected chi connectivity index (χ0v) is 13.7. The van der Waals surface area contributed by atoms with Crippen LogP contribution in [0, 0.1) is 0 Å². The van der Waals surface area contributed by atoms with Crippen molar-refractivity contribution >= 4 is 22.0 Å². The molecule has 1 aromatic rings. The van der Waals surface area contributed by atoms with Gasteiger partial charge in [0.2, 0.25) is 0 Å². The van der Waals surface area contributed by atoms with E-state index in [0.29, 0.717) is 11.8 Å². The van der Waals surface area contributed by atoms with Gasteiger partial charge in [0.1, 0.15) is 5.60 Å². The van der Waals surface area contributed by atoms with E-state index in [4.69, 9.17) is 4.74 Å². The Morgan fingerprint density at radius 3 is 2.45 bits per heavy atom. The molecule has 0 aromatic heterocycles. The predicted octanol–water partition coefficient (Wildman–Crippen LogP) is 2.88. The fourth-order valence-corrected chi connectivity index (χ4v) is 2.17. The molecule has 0 saturated heterocycles. The highest BCUT2D eigenvalue weighted by Crippen LogP contribution is 2.11. The summed E-state index contributed by atoms with van der Waals surface area (Å²) in [6.07, 6.45) is -0.645. The average Bonchev–Trinajstić information content (AvgIpc) is 2.36. The molecule has 1 aromatic carbocycles. The van der Waals surface area contributed by atoms with Gasteiger partial charge in [-0.2, -0.15) is 0 Å². The Balaban J connectivity index is 2.68. The number of rotatable bonds is 5. The summed E-state index contributed by atoms with van der Waals surface area (Å²) in [5.74, 6) is 0. The number of aliphatic hydroxyl groups is 1. The lowest BCUT2D eigenvalue weighted by Gasteiger charge is -2.26. The molecule has 0 spiro atoms. The fourth-order valence-electron chi connectivity index (χ4n) is 1.72. The van der Waals surface area contributed by atoms with Gasteiger partial charge in [-0.05, 0) is 32.8 Å². The monoisotopic (exact) mass is 343 g/mol. The second kappa shape index (κ2) is 7.64. The summed E-state index contributed by atoms with van der Waals surface area (Å²) in [6, 6.07) is 9.32. The van der Waals surface area contributed by atoms with Crippen LogP contribution in [-0.4, -0.2) is 34.3 Å². The zero-order valence-electron chi connectivity index (χ0n) is 12.1. The number of aliphatic hydroxyl groups excluding tert-OH is 1. The molecule has 0 aliphatic carbocycles. The van der Waals surface area contributed by atoms with E-state index in [9.17, 15) is 9.90 Å². The molecule has 0 heterocycles. The van der Waals surface area contributed by atoms with Gasteiger partial charge in [0.05, 0.1) is 12.1 Å². The minimum atomic E-state index is -0.678. The lowest BCUT2D eigenvalue weighted by atomic mass is 10.0. The number of amides is 1. The minimum absolute atomic E-state index is 0.389. The van der Waals surface area contributed by atoms with Gasteiger partial charge in [0.25, 0.3) is 0 Å². The molecular weight excluding hydrogens is 322 g/mol. The summed E-state index contributed by atoms with van der Waals surface area (Å²) >= 11 is 3.24. The normalized spacial score (nSPS) is 14.4. The molecule has 1 rings (SSSR count). The fraction of sp³-hybridized carbons (Fsp3) is 0.533. The quantitative estimate of drug-likeness (QED) is 0.808. The molecular formula is C15H22BrNO3. The van der Waals surface area contributed by atoms with Crippen molar-refractivity contribution in [3.8, 4) is 0 Å². The molecule has 20 heavy (non-hydrogen) atoms. The van der Waals surface area contributed by atoms with Crippen LogP contribution >= 0.6 is 15.9 Å². The van der Waals surface area contributed by atoms with Gasteiger partial charge in [-0.1, -0.05) is 46.3 Å². The maximum atomic E-state index is 11.8. The molecule has 5 heteroatoms. The zero-order chi connectivity index (χ0) is 15.2. The third-order valence-electron chi connectivity index (χ3n) is 2.62. The molecule has 2 atom stereocenters. The van der Waals surface area contributed by atoms with Crippen molar-refractivity contribution in [2.45, 2.75) is 44.9 Å². The van der Waals surface area contributed by atoms with Crippen molar-refractivity contribution < 1.29 is 14.6 Å². The van der Waals surface area contributed by atoms with E-state index in [1.54, 1.807) is 20.8 Å². The van der Waals surface area contributed by atoms with Crippen molar-refractivity contribution in [1.82, 2.24) is 5.32 Å². The minimum Gasteiger partial charge on any atom is -0.444 e. The molecule has 1 amide bonds. The summed E-state index contributed by atoms with van der Waals surface area (Å²) in [4.78, 5) is 11.8. The second-order valence-corrected chi connectivity index (χ2v) is 6.31. The average molecular weight is 344 g/mol. The van der Waals surface area contributed by atoms with Crippen LogP contribution < -0.4 is 5.32 Å². The number of carbonyl (C=O) groups is 1. The maximum absolute atomic E-state index is 11.8. The molecule has 112 valence electrons. The highest BCUT2D eigenvalue weighted by molar-refractivity contribution is 9.09. The first-order valence-corrected chi connectivity index (χ1v) is 7.71. The first kappa shape index (κ1) is 17.0. The number of nitrogens with one attached hydrogen (secondary N) is 1. The second-order valence-electron chi connectivity index (χ2n) is 5.66. The number of ether oxygens (including phenoxy) is 1. The number of benzene rings is 1. The number of alkyl halides is 1. The van der Waals surface area contributed by atoms with Crippen LogP contribution in [0.4, 0.5) is 4.79 Å². The van der Waals surface area contributed by atoms with Crippen molar-refractivity contribution in [1.29, 1.82) is 0 Å². The smallest absolute Gasteiger partial charge is 0.407 e. The van der Waals surface area contributed by atoms with Gasteiger partial charge in [-0.3, -0.25) is 0 Å². The summed E-state index contributed by atoms with van der Waals surface area (Å²) in [5, 5.41) is 13.1. The number of carbonyl (C=O) groups excluding carboxylic acids is 1. The number of hydrogen-bond donors (Lipinski definition) is 2. The largest absolute Gasteiger partial charge is 0.444 e. The van der Waals surface area contributed by atoms with Gasteiger partial charge < -0.3 is 15.2 Å². The molecule has 0 radical (unpaired) electrons. The van der Waals surface area contributed by atoms with E-state index in [2.05, 4.69) is 21.2 Å². The Morgan fingerprint density at radius 2 is 1.95 bits per heavy atom. The third-order valence-corrected chi connectivity index (χ3v) is 3.29. The molecule has 0 aliphatic rings. The lowest BCUT2D eigenvalue weighted by Crippen LogP contribution is -2.47. The molecule has 4 nitrogen and oxygen atoms in total. The molecule has 0 aliphatic heterocycles. The van der Waals surface area contributed by atoms with Gasteiger partial charge in [-0.15, -0.1) is 0 Å². The van der Waals surface area contributed by atoms with Gasteiger partial charge >= 0.3 is 6.09 Å². The van der Waals surface area contributed by atoms with Crippen LogP contribution in [0.15, 0.2) is 30.3 Å². The number of alkyl carbamates (subject to hydrolysis) is 1.